The van der Waals surface area contributed by atoms with Crippen molar-refractivity contribution in [2.24, 2.45) is 10.9 Å². The smallest absolute Gasteiger partial charge is 0.191 e. The molecule has 0 rings (SSSR count). The second-order valence-electron chi connectivity index (χ2n) is 4.03. The van der Waals surface area contributed by atoms with Crippen LogP contribution in [0.25, 0.3) is 0 Å². The Morgan fingerprint density at radius 1 is 1.12 bits per heavy atom. The maximum atomic E-state index is 5.28. The summed E-state index contributed by atoms with van der Waals surface area (Å²) in [5, 5.41) is 6.52. The SMILES string of the molecule is CCNC(=NCC(CC)CC)NCCOCC. The van der Waals surface area contributed by atoms with Crippen molar-refractivity contribution in [3.05, 3.63) is 0 Å². The van der Waals surface area contributed by atoms with Gasteiger partial charge in [0.2, 0.25) is 0 Å². The fraction of sp³-hybridized carbons (Fsp3) is 0.923. The third kappa shape index (κ3) is 8.98. The molecule has 0 bridgehead atoms. The molecule has 0 spiro atoms. The number of guanidine groups is 1. The van der Waals surface area contributed by atoms with E-state index in [1.165, 1.54) is 12.8 Å². The van der Waals surface area contributed by atoms with Gasteiger partial charge in [-0.2, -0.15) is 0 Å². The van der Waals surface area contributed by atoms with E-state index in [1.807, 2.05) is 6.92 Å². The first kappa shape index (κ1) is 16.2. The average Bonchev–Trinajstić information content (AvgIpc) is 2.35. The van der Waals surface area contributed by atoms with E-state index in [0.717, 1.165) is 38.8 Å². The number of hydrogen-bond acceptors (Lipinski definition) is 2. The van der Waals surface area contributed by atoms with Crippen molar-refractivity contribution in [2.45, 2.75) is 40.5 Å². The monoisotopic (exact) mass is 243 g/mol. The molecule has 0 aliphatic carbocycles. The van der Waals surface area contributed by atoms with Crippen molar-refractivity contribution in [1.29, 1.82) is 0 Å². The molecule has 4 nitrogen and oxygen atoms in total. The molecule has 2 N–H and O–H groups in total. The number of nitrogens with one attached hydrogen (secondary N) is 2. The van der Waals surface area contributed by atoms with Crippen LogP contribution in [0.4, 0.5) is 0 Å². The Morgan fingerprint density at radius 3 is 2.35 bits per heavy atom. The van der Waals surface area contributed by atoms with Crippen LogP contribution in [0.15, 0.2) is 4.99 Å². The van der Waals surface area contributed by atoms with E-state index in [1.54, 1.807) is 0 Å². The highest BCUT2D eigenvalue weighted by atomic mass is 16.5. The van der Waals surface area contributed by atoms with Gasteiger partial charge in [0.1, 0.15) is 0 Å². The summed E-state index contributed by atoms with van der Waals surface area (Å²) in [5.74, 6) is 1.59. The first-order valence-electron chi connectivity index (χ1n) is 6.88. The van der Waals surface area contributed by atoms with Crippen molar-refractivity contribution < 1.29 is 4.74 Å². The number of nitrogens with zero attached hydrogens (tertiary/aromatic N) is 1. The summed E-state index contributed by atoms with van der Waals surface area (Å²) in [6.07, 6.45) is 2.39. The number of hydrogen-bond donors (Lipinski definition) is 2. The minimum Gasteiger partial charge on any atom is -0.380 e. The number of ether oxygens (including phenoxy) is 1. The summed E-state index contributed by atoms with van der Waals surface area (Å²) >= 11 is 0. The molecular formula is C13H29N3O. The van der Waals surface area contributed by atoms with Crippen molar-refractivity contribution in [2.75, 3.05) is 32.8 Å². The van der Waals surface area contributed by atoms with Crippen LogP contribution in [0.2, 0.25) is 0 Å². The summed E-state index contributed by atoms with van der Waals surface area (Å²) in [6.45, 7) is 12.6. The number of rotatable bonds is 9. The predicted molar refractivity (Wildman–Crippen MR) is 74.5 cm³/mol. The fourth-order valence-electron chi connectivity index (χ4n) is 1.49. The average molecular weight is 243 g/mol. The van der Waals surface area contributed by atoms with Gasteiger partial charge in [-0.15, -0.1) is 0 Å². The van der Waals surface area contributed by atoms with Crippen LogP contribution >= 0.6 is 0 Å². The Bertz CT molecular complexity index is 191. The third-order valence-corrected chi connectivity index (χ3v) is 2.75. The summed E-state index contributed by atoms with van der Waals surface area (Å²) in [4.78, 5) is 4.59. The van der Waals surface area contributed by atoms with Gasteiger partial charge in [-0.25, -0.2) is 0 Å². The molecule has 0 fully saturated rings. The summed E-state index contributed by atoms with van der Waals surface area (Å²) in [5.41, 5.74) is 0. The van der Waals surface area contributed by atoms with Gasteiger partial charge in [-0.1, -0.05) is 26.7 Å². The largest absolute Gasteiger partial charge is 0.380 e. The molecular weight excluding hydrogens is 214 g/mol. The van der Waals surface area contributed by atoms with Crippen LogP contribution in [0.5, 0.6) is 0 Å². The highest BCUT2D eigenvalue weighted by Crippen LogP contribution is 2.06. The van der Waals surface area contributed by atoms with Crippen molar-refractivity contribution >= 4 is 5.96 Å². The van der Waals surface area contributed by atoms with E-state index in [4.69, 9.17) is 4.74 Å². The normalized spacial score (nSPS) is 11.9. The number of aliphatic imine (C=N–C) groups is 1. The molecule has 4 heteroatoms. The quantitative estimate of drug-likeness (QED) is 0.370. The third-order valence-electron chi connectivity index (χ3n) is 2.75. The molecule has 0 aromatic heterocycles. The fourth-order valence-corrected chi connectivity index (χ4v) is 1.49. The zero-order chi connectivity index (χ0) is 12.9. The minimum absolute atomic E-state index is 0.692. The Hall–Kier alpha value is -0.770. The van der Waals surface area contributed by atoms with E-state index in [-0.39, 0.29) is 0 Å². The first-order valence-corrected chi connectivity index (χ1v) is 6.88. The molecule has 0 saturated heterocycles. The van der Waals surface area contributed by atoms with Gasteiger partial charge in [0, 0.05) is 26.2 Å². The molecule has 17 heavy (non-hydrogen) atoms. The van der Waals surface area contributed by atoms with E-state index in [0.29, 0.717) is 5.92 Å². The van der Waals surface area contributed by atoms with Gasteiger partial charge >= 0.3 is 0 Å². The maximum Gasteiger partial charge on any atom is 0.191 e. The maximum absolute atomic E-state index is 5.28. The van der Waals surface area contributed by atoms with E-state index in [2.05, 4.69) is 36.4 Å². The lowest BCUT2D eigenvalue weighted by molar-refractivity contribution is 0.152. The Morgan fingerprint density at radius 2 is 1.82 bits per heavy atom. The van der Waals surface area contributed by atoms with E-state index >= 15 is 0 Å². The van der Waals surface area contributed by atoms with Gasteiger partial charge < -0.3 is 15.4 Å². The van der Waals surface area contributed by atoms with Gasteiger partial charge in [-0.3, -0.25) is 4.99 Å². The topological polar surface area (TPSA) is 45.7 Å². The molecule has 0 unspecified atom stereocenters. The van der Waals surface area contributed by atoms with Crippen LogP contribution in [0.1, 0.15) is 40.5 Å². The Kier molecular flexibility index (Phi) is 11.2. The molecule has 0 aromatic rings. The highest BCUT2D eigenvalue weighted by Gasteiger charge is 2.03. The standard InChI is InChI=1S/C13H29N3O/c1-5-12(6-2)11-16-13(14-7-3)15-9-10-17-8-4/h12H,5-11H2,1-4H3,(H2,14,15,16). The molecule has 0 amide bonds. The van der Waals surface area contributed by atoms with Gasteiger partial charge in [0.15, 0.2) is 5.96 Å². The van der Waals surface area contributed by atoms with Gasteiger partial charge in [0.25, 0.3) is 0 Å². The van der Waals surface area contributed by atoms with E-state index < -0.39 is 0 Å². The second kappa shape index (κ2) is 11.7. The summed E-state index contributed by atoms with van der Waals surface area (Å²) in [6, 6.07) is 0. The minimum atomic E-state index is 0.692. The highest BCUT2D eigenvalue weighted by molar-refractivity contribution is 5.79. The molecule has 0 saturated carbocycles. The lowest BCUT2D eigenvalue weighted by Crippen LogP contribution is -2.39. The second-order valence-corrected chi connectivity index (χ2v) is 4.03. The van der Waals surface area contributed by atoms with Crippen LogP contribution in [-0.2, 0) is 4.74 Å². The molecule has 0 aromatic carbocycles. The summed E-state index contributed by atoms with van der Waals surface area (Å²) in [7, 11) is 0. The Labute approximate surface area is 106 Å². The van der Waals surface area contributed by atoms with Crippen molar-refractivity contribution in [3.63, 3.8) is 0 Å². The zero-order valence-electron chi connectivity index (χ0n) is 11.9. The lowest BCUT2D eigenvalue weighted by atomic mass is 10.0. The Balaban J connectivity index is 3.97. The van der Waals surface area contributed by atoms with Gasteiger partial charge in [0.05, 0.1) is 6.61 Å². The zero-order valence-corrected chi connectivity index (χ0v) is 11.9. The lowest BCUT2D eigenvalue weighted by Gasteiger charge is -2.13. The van der Waals surface area contributed by atoms with E-state index in [9.17, 15) is 0 Å². The van der Waals surface area contributed by atoms with Gasteiger partial charge in [-0.05, 0) is 19.8 Å². The first-order chi connectivity index (χ1) is 8.28. The van der Waals surface area contributed by atoms with Crippen LogP contribution in [-0.4, -0.2) is 38.8 Å². The molecule has 0 atom stereocenters. The van der Waals surface area contributed by atoms with Crippen molar-refractivity contribution in [1.82, 2.24) is 10.6 Å². The summed E-state index contributed by atoms with van der Waals surface area (Å²) < 4.78 is 5.28. The van der Waals surface area contributed by atoms with Crippen molar-refractivity contribution in [3.8, 4) is 0 Å². The molecule has 0 aliphatic heterocycles. The molecule has 0 radical (unpaired) electrons. The van der Waals surface area contributed by atoms with Crippen LogP contribution in [0.3, 0.4) is 0 Å². The molecule has 102 valence electrons. The van der Waals surface area contributed by atoms with Crippen LogP contribution in [0, 0.1) is 5.92 Å². The van der Waals surface area contributed by atoms with Crippen LogP contribution < -0.4 is 10.6 Å². The molecule has 0 aliphatic rings. The molecule has 0 heterocycles. The predicted octanol–water partition coefficient (Wildman–Crippen LogP) is 2.01.